The van der Waals surface area contributed by atoms with E-state index < -0.39 is 5.97 Å². The SMILES string of the molecule is COCCCn1c(C)cc(C(=O)COC(=O)c2cc3ccccc3cc2O)c1C. The maximum atomic E-state index is 12.6. The molecule has 152 valence electrons. The lowest BCUT2D eigenvalue weighted by Crippen LogP contribution is -2.15. The van der Waals surface area contributed by atoms with E-state index in [1.807, 2.05) is 44.2 Å². The van der Waals surface area contributed by atoms with Gasteiger partial charge < -0.3 is 19.1 Å². The molecular formula is C23H25NO5. The standard InChI is InChI=1S/C23H25NO5/c1-15-11-19(16(2)24(15)9-6-10-28-3)22(26)14-29-23(27)20-12-17-7-4-5-8-18(17)13-21(20)25/h4-5,7-8,11-13,25H,6,9-10,14H2,1-3H3. The first-order chi connectivity index (χ1) is 13.9. The van der Waals surface area contributed by atoms with E-state index in [0.29, 0.717) is 12.2 Å². The summed E-state index contributed by atoms with van der Waals surface area (Å²) in [5.41, 5.74) is 2.39. The van der Waals surface area contributed by atoms with Crippen molar-refractivity contribution in [3.63, 3.8) is 0 Å². The van der Waals surface area contributed by atoms with Gasteiger partial charge in [-0.1, -0.05) is 24.3 Å². The number of ketones is 1. The highest BCUT2D eigenvalue weighted by Gasteiger charge is 2.19. The number of aromatic nitrogens is 1. The molecule has 2 aromatic carbocycles. The molecule has 0 radical (unpaired) electrons. The molecule has 0 amide bonds. The van der Waals surface area contributed by atoms with Crippen molar-refractivity contribution in [2.24, 2.45) is 0 Å². The highest BCUT2D eigenvalue weighted by molar-refractivity contribution is 6.02. The first-order valence-electron chi connectivity index (χ1n) is 9.50. The molecule has 0 saturated heterocycles. The molecule has 6 heteroatoms. The molecule has 1 N–H and O–H groups in total. The maximum Gasteiger partial charge on any atom is 0.342 e. The fraction of sp³-hybridized carbons (Fsp3) is 0.304. The van der Waals surface area contributed by atoms with Crippen molar-refractivity contribution in [3.8, 4) is 5.75 Å². The molecule has 0 fully saturated rings. The summed E-state index contributed by atoms with van der Waals surface area (Å²) in [6, 6.07) is 12.3. The van der Waals surface area contributed by atoms with Gasteiger partial charge in [0, 0.05) is 37.2 Å². The fourth-order valence-corrected chi connectivity index (χ4v) is 3.47. The first kappa shape index (κ1) is 20.6. The number of benzene rings is 2. The zero-order chi connectivity index (χ0) is 21.0. The largest absolute Gasteiger partial charge is 0.507 e. The van der Waals surface area contributed by atoms with Crippen molar-refractivity contribution in [2.75, 3.05) is 20.3 Å². The molecule has 0 aliphatic carbocycles. The summed E-state index contributed by atoms with van der Waals surface area (Å²) in [6.07, 6.45) is 0.844. The molecular weight excluding hydrogens is 370 g/mol. The number of ether oxygens (including phenoxy) is 2. The minimum absolute atomic E-state index is 0.0431. The van der Waals surface area contributed by atoms with Crippen molar-refractivity contribution in [2.45, 2.75) is 26.8 Å². The van der Waals surface area contributed by atoms with Gasteiger partial charge in [-0.2, -0.15) is 0 Å². The Hall–Kier alpha value is -3.12. The van der Waals surface area contributed by atoms with E-state index in [-0.39, 0.29) is 23.7 Å². The number of phenols is 1. The van der Waals surface area contributed by atoms with Gasteiger partial charge >= 0.3 is 5.97 Å². The second-order valence-corrected chi connectivity index (χ2v) is 7.00. The summed E-state index contributed by atoms with van der Waals surface area (Å²) in [4.78, 5) is 25.0. The van der Waals surface area contributed by atoms with Gasteiger partial charge in [-0.25, -0.2) is 4.79 Å². The minimum Gasteiger partial charge on any atom is -0.507 e. The van der Waals surface area contributed by atoms with Crippen LogP contribution < -0.4 is 0 Å². The van der Waals surface area contributed by atoms with Crippen LogP contribution in [0.3, 0.4) is 0 Å². The molecule has 0 atom stereocenters. The Morgan fingerprint density at radius 1 is 1.03 bits per heavy atom. The van der Waals surface area contributed by atoms with Gasteiger partial charge in [0.25, 0.3) is 0 Å². The number of carbonyl (C=O) groups excluding carboxylic acids is 2. The third-order valence-corrected chi connectivity index (χ3v) is 5.02. The number of nitrogens with zero attached hydrogens (tertiary/aromatic N) is 1. The van der Waals surface area contributed by atoms with E-state index in [1.54, 1.807) is 13.2 Å². The molecule has 0 aliphatic rings. The number of aryl methyl sites for hydroxylation is 1. The average Bonchev–Trinajstić information content (AvgIpc) is 2.99. The summed E-state index contributed by atoms with van der Waals surface area (Å²) in [5.74, 6) is -1.17. The smallest absolute Gasteiger partial charge is 0.342 e. The van der Waals surface area contributed by atoms with Gasteiger partial charge in [-0.05, 0) is 49.2 Å². The average molecular weight is 395 g/mol. The Morgan fingerprint density at radius 3 is 2.41 bits per heavy atom. The number of Topliss-reactive ketones (excluding diaryl/α,β-unsaturated/α-hetero) is 1. The Kier molecular flexibility index (Phi) is 6.34. The van der Waals surface area contributed by atoms with Crippen LogP contribution in [0.1, 0.15) is 38.5 Å². The number of hydrogen-bond acceptors (Lipinski definition) is 5. The van der Waals surface area contributed by atoms with Crippen molar-refractivity contribution in [1.29, 1.82) is 0 Å². The topological polar surface area (TPSA) is 77.8 Å². The summed E-state index contributed by atoms with van der Waals surface area (Å²) in [6.45, 7) is 4.84. The zero-order valence-electron chi connectivity index (χ0n) is 16.9. The summed E-state index contributed by atoms with van der Waals surface area (Å²) >= 11 is 0. The quantitative estimate of drug-likeness (QED) is 0.354. The van der Waals surface area contributed by atoms with Crippen LogP contribution >= 0.6 is 0 Å². The number of methoxy groups -OCH3 is 1. The Morgan fingerprint density at radius 2 is 1.72 bits per heavy atom. The van der Waals surface area contributed by atoms with E-state index >= 15 is 0 Å². The molecule has 29 heavy (non-hydrogen) atoms. The van der Waals surface area contributed by atoms with Gasteiger partial charge in [0.1, 0.15) is 11.3 Å². The molecule has 0 saturated carbocycles. The summed E-state index contributed by atoms with van der Waals surface area (Å²) in [7, 11) is 1.66. The van der Waals surface area contributed by atoms with E-state index in [9.17, 15) is 14.7 Å². The van der Waals surface area contributed by atoms with Crippen LogP contribution in [0.15, 0.2) is 42.5 Å². The molecule has 3 rings (SSSR count). The van der Waals surface area contributed by atoms with Crippen LogP contribution in [0.5, 0.6) is 5.75 Å². The molecule has 0 bridgehead atoms. The lowest BCUT2D eigenvalue weighted by molar-refractivity contribution is 0.0471. The summed E-state index contributed by atoms with van der Waals surface area (Å²) in [5, 5.41) is 11.8. The Labute approximate surface area is 169 Å². The molecule has 0 unspecified atom stereocenters. The second kappa shape index (κ2) is 8.92. The van der Waals surface area contributed by atoms with Gasteiger partial charge in [-0.15, -0.1) is 0 Å². The van der Waals surface area contributed by atoms with E-state index in [2.05, 4.69) is 4.57 Å². The number of rotatable bonds is 8. The van der Waals surface area contributed by atoms with Crippen LogP contribution in [0, 0.1) is 13.8 Å². The predicted octanol–water partition coefficient (Wildman–Crippen LogP) is 4.04. The van der Waals surface area contributed by atoms with Crippen molar-refractivity contribution >= 4 is 22.5 Å². The molecule has 1 heterocycles. The van der Waals surface area contributed by atoms with Crippen LogP contribution in [0.2, 0.25) is 0 Å². The van der Waals surface area contributed by atoms with Crippen LogP contribution in [0.25, 0.3) is 10.8 Å². The second-order valence-electron chi connectivity index (χ2n) is 7.00. The van der Waals surface area contributed by atoms with Crippen LogP contribution in [0.4, 0.5) is 0 Å². The van der Waals surface area contributed by atoms with E-state index in [1.165, 1.54) is 6.07 Å². The number of fused-ring (bicyclic) bond motifs is 1. The highest BCUT2D eigenvalue weighted by atomic mass is 16.5. The lowest BCUT2D eigenvalue weighted by atomic mass is 10.1. The molecule has 0 aliphatic heterocycles. The lowest BCUT2D eigenvalue weighted by Gasteiger charge is -2.10. The zero-order valence-corrected chi connectivity index (χ0v) is 16.9. The molecule has 1 aromatic heterocycles. The monoisotopic (exact) mass is 395 g/mol. The fourth-order valence-electron chi connectivity index (χ4n) is 3.47. The normalized spacial score (nSPS) is 11.0. The molecule has 3 aromatic rings. The minimum atomic E-state index is -0.726. The third-order valence-electron chi connectivity index (χ3n) is 5.02. The van der Waals surface area contributed by atoms with Crippen molar-refractivity contribution in [1.82, 2.24) is 4.57 Å². The summed E-state index contributed by atoms with van der Waals surface area (Å²) < 4.78 is 12.3. The number of esters is 1. The van der Waals surface area contributed by atoms with Crippen molar-refractivity contribution < 1.29 is 24.2 Å². The Balaban J connectivity index is 1.70. The first-order valence-corrected chi connectivity index (χ1v) is 9.50. The molecule has 0 spiro atoms. The van der Waals surface area contributed by atoms with Crippen LogP contribution in [-0.4, -0.2) is 41.7 Å². The van der Waals surface area contributed by atoms with Gasteiger partial charge in [0.15, 0.2) is 6.61 Å². The Bertz CT molecular complexity index is 1050. The van der Waals surface area contributed by atoms with E-state index in [4.69, 9.17) is 9.47 Å². The van der Waals surface area contributed by atoms with E-state index in [0.717, 1.165) is 35.1 Å². The number of hydrogen-bond donors (Lipinski definition) is 1. The van der Waals surface area contributed by atoms with Gasteiger partial charge in [-0.3, -0.25) is 4.79 Å². The highest BCUT2D eigenvalue weighted by Crippen LogP contribution is 2.25. The van der Waals surface area contributed by atoms with Crippen LogP contribution in [-0.2, 0) is 16.0 Å². The number of aromatic hydroxyl groups is 1. The predicted molar refractivity (Wildman–Crippen MR) is 111 cm³/mol. The van der Waals surface area contributed by atoms with Gasteiger partial charge in [0.2, 0.25) is 5.78 Å². The number of carbonyl (C=O) groups is 2. The van der Waals surface area contributed by atoms with Crippen molar-refractivity contribution in [3.05, 3.63) is 65.0 Å². The van der Waals surface area contributed by atoms with Gasteiger partial charge in [0.05, 0.1) is 0 Å². The number of phenolic OH excluding ortho intramolecular Hbond substituents is 1. The maximum absolute atomic E-state index is 12.6. The molecule has 6 nitrogen and oxygen atoms in total. The third kappa shape index (κ3) is 4.49.